The average molecular weight is 194 g/mol. The van der Waals surface area contributed by atoms with E-state index in [2.05, 4.69) is 6.58 Å². The van der Waals surface area contributed by atoms with Crippen molar-refractivity contribution in [2.45, 2.75) is 38.2 Å². The topological polar surface area (TPSA) is 43.4 Å². The molecular formula is C11H14O3. The number of carbonyl (C=O) groups excluding carboxylic acids is 2. The van der Waals surface area contributed by atoms with E-state index >= 15 is 0 Å². The second-order valence-corrected chi connectivity index (χ2v) is 4.30. The zero-order chi connectivity index (χ0) is 10.3. The highest BCUT2D eigenvalue weighted by Gasteiger charge is 2.55. The smallest absolute Gasteiger partial charge is 0.334 e. The largest absolute Gasteiger partial charge is 0.448 e. The summed E-state index contributed by atoms with van der Waals surface area (Å²) in [5.41, 5.74) is -0.414. The minimum Gasteiger partial charge on any atom is -0.448 e. The van der Waals surface area contributed by atoms with Crippen molar-refractivity contribution in [3.05, 3.63) is 12.2 Å². The maximum Gasteiger partial charge on any atom is 0.334 e. The molecule has 76 valence electrons. The highest BCUT2D eigenvalue weighted by molar-refractivity contribution is 5.97. The minimum atomic E-state index is -0.777. The molecule has 0 N–H and O–H groups in total. The number of ketones is 1. The Hall–Kier alpha value is -1.12. The van der Waals surface area contributed by atoms with Crippen molar-refractivity contribution in [3.8, 4) is 0 Å². The number of ether oxygens (including phenoxy) is 1. The molecule has 3 nitrogen and oxygen atoms in total. The molecule has 14 heavy (non-hydrogen) atoms. The third-order valence-electron chi connectivity index (χ3n) is 3.25. The molecule has 0 saturated heterocycles. The van der Waals surface area contributed by atoms with Crippen LogP contribution in [0.15, 0.2) is 12.2 Å². The molecule has 0 radical (unpaired) electrons. The molecule has 0 heterocycles. The second-order valence-electron chi connectivity index (χ2n) is 4.30. The van der Waals surface area contributed by atoms with Crippen molar-refractivity contribution in [3.63, 3.8) is 0 Å². The van der Waals surface area contributed by atoms with Crippen LogP contribution < -0.4 is 0 Å². The number of esters is 1. The second kappa shape index (κ2) is 2.94. The van der Waals surface area contributed by atoms with Gasteiger partial charge in [0.1, 0.15) is 0 Å². The van der Waals surface area contributed by atoms with E-state index in [0.29, 0.717) is 18.4 Å². The molecule has 0 unspecified atom stereocenters. The number of Topliss-reactive ketones (excluding diaryl/α,β-unsaturated/α-hetero) is 1. The van der Waals surface area contributed by atoms with Crippen molar-refractivity contribution in [1.82, 2.24) is 0 Å². The van der Waals surface area contributed by atoms with Crippen molar-refractivity contribution < 1.29 is 14.3 Å². The summed E-state index contributed by atoms with van der Waals surface area (Å²) in [7, 11) is 0. The Morgan fingerprint density at radius 3 is 2.43 bits per heavy atom. The highest BCUT2D eigenvalue weighted by atomic mass is 16.6. The lowest BCUT2D eigenvalue weighted by Crippen LogP contribution is -2.36. The summed E-state index contributed by atoms with van der Waals surface area (Å²) in [5.74, 6) is -0.152. The summed E-state index contributed by atoms with van der Waals surface area (Å²) >= 11 is 0. The maximum absolute atomic E-state index is 11.7. The van der Waals surface area contributed by atoms with Crippen LogP contribution in [0.5, 0.6) is 0 Å². The van der Waals surface area contributed by atoms with Gasteiger partial charge in [0.2, 0.25) is 0 Å². The number of fused-ring (bicyclic) bond motifs is 2. The summed E-state index contributed by atoms with van der Waals surface area (Å²) in [6, 6.07) is 0. The van der Waals surface area contributed by atoms with E-state index in [1.54, 1.807) is 6.92 Å². The lowest BCUT2D eigenvalue weighted by atomic mass is 9.97. The molecule has 0 aliphatic heterocycles. The van der Waals surface area contributed by atoms with Gasteiger partial charge in [-0.15, -0.1) is 0 Å². The fourth-order valence-corrected chi connectivity index (χ4v) is 2.38. The first kappa shape index (κ1) is 9.44. The van der Waals surface area contributed by atoms with Crippen LogP contribution in [0.4, 0.5) is 0 Å². The van der Waals surface area contributed by atoms with Gasteiger partial charge >= 0.3 is 5.97 Å². The van der Waals surface area contributed by atoms with Gasteiger partial charge in [0.05, 0.1) is 0 Å². The van der Waals surface area contributed by atoms with Crippen LogP contribution in [0, 0.1) is 5.92 Å². The third-order valence-corrected chi connectivity index (χ3v) is 3.25. The minimum absolute atomic E-state index is 0.132. The van der Waals surface area contributed by atoms with E-state index < -0.39 is 11.6 Å². The van der Waals surface area contributed by atoms with Crippen molar-refractivity contribution >= 4 is 11.8 Å². The summed E-state index contributed by atoms with van der Waals surface area (Å²) in [6.45, 7) is 5.12. The molecule has 3 heteroatoms. The molecule has 2 rings (SSSR count). The molecule has 2 aliphatic rings. The molecule has 2 aliphatic carbocycles. The Morgan fingerprint density at radius 2 is 2.07 bits per heavy atom. The Morgan fingerprint density at radius 1 is 1.50 bits per heavy atom. The molecule has 0 spiro atoms. The monoisotopic (exact) mass is 194 g/mol. The van der Waals surface area contributed by atoms with Gasteiger partial charge in [0.15, 0.2) is 11.4 Å². The van der Waals surface area contributed by atoms with Crippen LogP contribution in [0.25, 0.3) is 0 Å². The summed E-state index contributed by atoms with van der Waals surface area (Å²) in [4.78, 5) is 23.1. The fourth-order valence-electron chi connectivity index (χ4n) is 2.38. The molecule has 0 aromatic rings. The zero-order valence-corrected chi connectivity index (χ0v) is 8.34. The first-order valence-corrected chi connectivity index (χ1v) is 4.98. The Labute approximate surface area is 83.1 Å². The van der Waals surface area contributed by atoms with Crippen LogP contribution in [-0.2, 0) is 14.3 Å². The van der Waals surface area contributed by atoms with Gasteiger partial charge in [-0.05, 0) is 32.6 Å². The van der Waals surface area contributed by atoms with Crippen molar-refractivity contribution in [2.24, 2.45) is 5.92 Å². The first-order valence-electron chi connectivity index (χ1n) is 4.98. The number of hydrogen-bond donors (Lipinski definition) is 0. The Bertz CT molecular complexity index is 308. The zero-order valence-electron chi connectivity index (χ0n) is 8.34. The summed E-state index contributed by atoms with van der Waals surface area (Å²) < 4.78 is 5.28. The van der Waals surface area contributed by atoms with Gasteiger partial charge in [-0.2, -0.15) is 0 Å². The normalized spacial score (nSPS) is 34.6. The van der Waals surface area contributed by atoms with E-state index in [1.165, 1.54) is 0 Å². The van der Waals surface area contributed by atoms with Gasteiger partial charge in [0, 0.05) is 11.5 Å². The molecule has 2 saturated carbocycles. The van der Waals surface area contributed by atoms with Crippen LogP contribution in [0.3, 0.4) is 0 Å². The van der Waals surface area contributed by atoms with E-state index in [1.807, 2.05) is 0 Å². The predicted molar refractivity (Wildman–Crippen MR) is 50.6 cm³/mol. The Balaban J connectivity index is 2.14. The Kier molecular flexibility index (Phi) is 1.98. The lowest BCUT2D eigenvalue weighted by molar-refractivity contribution is -0.160. The fraction of sp³-hybridized carbons (Fsp3) is 0.636. The standard InChI is InChI=1S/C11H14O3/c1-7(2)10(13)14-11-5-3-8(4-6-11)9(11)12/h8H,1,3-6H2,2H3. The molecule has 0 amide bonds. The summed E-state index contributed by atoms with van der Waals surface area (Å²) in [6.07, 6.45) is 3.16. The van der Waals surface area contributed by atoms with Crippen LogP contribution >= 0.6 is 0 Å². The van der Waals surface area contributed by atoms with Crippen LogP contribution in [0.2, 0.25) is 0 Å². The van der Waals surface area contributed by atoms with Crippen LogP contribution in [0.1, 0.15) is 32.6 Å². The number of hydrogen-bond acceptors (Lipinski definition) is 3. The molecule has 0 aromatic carbocycles. The van der Waals surface area contributed by atoms with Gasteiger partial charge in [-0.1, -0.05) is 6.58 Å². The van der Waals surface area contributed by atoms with Gasteiger partial charge < -0.3 is 4.74 Å². The maximum atomic E-state index is 11.7. The quantitative estimate of drug-likeness (QED) is 0.495. The number of rotatable bonds is 2. The lowest BCUT2D eigenvalue weighted by Gasteiger charge is -2.24. The average Bonchev–Trinajstić information content (AvgIpc) is 2.59. The molecular weight excluding hydrogens is 180 g/mol. The van der Waals surface area contributed by atoms with Crippen molar-refractivity contribution in [2.75, 3.05) is 0 Å². The first-order chi connectivity index (χ1) is 6.55. The van der Waals surface area contributed by atoms with E-state index in [9.17, 15) is 9.59 Å². The summed E-state index contributed by atoms with van der Waals surface area (Å²) in [5, 5.41) is 0. The molecule has 2 bridgehead atoms. The van der Waals surface area contributed by atoms with Gasteiger partial charge in [-0.3, -0.25) is 4.79 Å². The molecule has 0 aromatic heterocycles. The molecule has 0 atom stereocenters. The van der Waals surface area contributed by atoms with E-state index in [0.717, 1.165) is 12.8 Å². The van der Waals surface area contributed by atoms with E-state index in [-0.39, 0.29) is 11.7 Å². The number of carbonyl (C=O) groups is 2. The van der Waals surface area contributed by atoms with Crippen molar-refractivity contribution in [1.29, 1.82) is 0 Å². The highest BCUT2D eigenvalue weighted by Crippen LogP contribution is 2.47. The third kappa shape index (κ3) is 1.19. The van der Waals surface area contributed by atoms with Crippen LogP contribution in [-0.4, -0.2) is 17.4 Å². The van der Waals surface area contributed by atoms with Gasteiger partial charge in [-0.25, -0.2) is 4.79 Å². The predicted octanol–water partition coefficient (Wildman–Crippen LogP) is 1.62. The molecule has 2 fully saturated rings. The SMILES string of the molecule is C=C(C)C(=O)OC12CCC(CC1)C2=O. The van der Waals surface area contributed by atoms with E-state index in [4.69, 9.17) is 4.74 Å². The van der Waals surface area contributed by atoms with Gasteiger partial charge in [0.25, 0.3) is 0 Å².